The molecule has 4 heterocycles. The number of allylic oxidation sites excluding steroid dienone is 1. The smallest absolute Gasteiger partial charge is 0.411 e. The molecular formula is C57H83N9O14. The summed E-state index contributed by atoms with van der Waals surface area (Å²) in [6.45, 7) is 14.1. The number of ketones is 1. The van der Waals surface area contributed by atoms with Crippen LogP contribution in [0.5, 0.6) is 0 Å². The van der Waals surface area contributed by atoms with Crippen LogP contribution in [0.4, 0.5) is 4.79 Å². The zero-order valence-corrected chi connectivity index (χ0v) is 47.7. The third-order valence-corrected chi connectivity index (χ3v) is 14.8. The van der Waals surface area contributed by atoms with Crippen molar-refractivity contribution in [2.75, 3.05) is 26.7 Å². The molecule has 0 aliphatic carbocycles. The van der Waals surface area contributed by atoms with Crippen molar-refractivity contribution in [1.29, 1.82) is 0 Å². The van der Waals surface area contributed by atoms with E-state index in [1.807, 2.05) is 52.0 Å². The van der Waals surface area contributed by atoms with Gasteiger partial charge >= 0.3 is 18.0 Å². The second-order valence-corrected chi connectivity index (χ2v) is 22.5. The number of H-pyrrole nitrogens is 1. The first kappa shape index (κ1) is 63.5. The van der Waals surface area contributed by atoms with Crippen LogP contribution in [0.15, 0.2) is 42.6 Å². The summed E-state index contributed by atoms with van der Waals surface area (Å²) in [7, 11) is 1.20. The number of ether oxygens (including phenoxy) is 2. The minimum atomic E-state index is -1.34. The predicted octanol–water partition coefficient (Wildman–Crippen LogP) is 3.57. The van der Waals surface area contributed by atoms with E-state index in [-0.39, 0.29) is 76.9 Å². The molecule has 5 rings (SSSR count). The number of unbranched alkanes of at least 4 members (excludes halogenated alkanes) is 1. The number of rotatable bonds is 26. The number of aromatic nitrogens is 1. The number of carbonyl (C=O) groups excluding carboxylic acids is 10. The van der Waals surface area contributed by atoms with Gasteiger partial charge in [0.2, 0.25) is 41.4 Å². The first-order chi connectivity index (χ1) is 37.9. The molecule has 7 N–H and O–H groups in total. The first-order valence-corrected chi connectivity index (χ1v) is 28.0. The number of aromatic amines is 1. The summed E-state index contributed by atoms with van der Waals surface area (Å²) in [5.41, 5.74) is 0.609. The minimum Gasteiger partial charge on any atom is -0.480 e. The van der Waals surface area contributed by atoms with E-state index in [9.17, 15) is 57.8 Å². The van der Waals surface area contributed by atoms with E-state index in [0.29, 0.717) is 32.1 Å². The van der Waals surface area contributed by atoms with Crippen molar-refractivity contribution in [1.82, 2.24) is 46.3 Å². The molecule has 23 nitrogen and oxygen atoms in total. The molecule has 0 spiro atoms. The number of fused-ring (bicyclic) bond motifs is 1. The number of esters is 1. The quantitative estimate of drug-likeness (QED) is 0.0524. The summed E-state index contributed by atoms with van der Waals surface area (Å²) in [6, 6.07) is -2.03. The Morgan fingerprint density at radius 2 is 1.36 bits per heavy atom. The van der Waals surface area contributed by atoms with Gasteiger partial charge in [-0.15, -0.1) is 0 Å². The second kappa shape index (κ2) is 29.2. The van der Waals surface area contributed by atoms with Crippen LogP contribution >= 0.6 is 0 Å². The molecule has 80 heavy (non-hydrogen) atoms. The van der Waals surface area contributed by atoms with Crippen molar-refractivity contribution >= 4 is 76.1 Å². The topological polar surface area (TPSA) is 312 Å². The number of aliphatic carboxylic acids is 1. The Labute approximate surface area is 467 Å². The summed E-state index contributed by atoms with van der Waals surface area (Å²) in [4.78, 5) is 157. The standard InChI is InChI=1S/C57H83N9O14/c1-10-12-20-39(59-48(69)40(22-15-16-25-46(68)79-9)60-51(72)45-30-36(67)32-66(45)56(78)80-57(6,7)8)49(70)63-47(34(5)11-2)52(73)62-41(28-33(3)4)53(74)64-26-17-23-43(64)50(71)61-42(54(75)65-27-18-24-44(65)55(76)77)29-35-31-58-38-21-14-13-19-37(35)38/h13-14,16,19,21,25,31,33-34,39-45,47,58H,10-12,15,17-18,20,22-24,26-30,32H2,1-9H3,(H,59,69)(H,60,72)(H,61,71)(H,62,73)(H,63,70)(H,76,77). The highest BCUT2D eigenvalue weighted by molar-refractivity contribution is 6.01. The predicted molar refractivity (Wildman–Crippen MR) is 294 cm³/mol. The number of amides is 8. The molecule has 440 valence electrons. The molecule has 3 saturated heterocycles. The van der Waals surface area contributed by atoms with Crippen LogP contribution in [0.3, 0.4) is 0 Å². The Balaban J connectivity index is 1.34. The van der Waals surface area contributed by atoms with Crippen molar-refractivity contribution < 1.29 is 67.3 Å². The number of carboxylic acid groups (broad SMARTS) is 1. The lowest BCUT2D eigenvalue weighted by Crippen LogP contribution is -2.61. The lowest BCUT2D eigenvalue weighted by atomic mass is 9.95. The van der Waals surface area contributed by atoms with Crippen molar-refractivity contribution in [3.05, 3.63) is 48.2 Å². The van der Waals surface area contributed by atoms with Gasteiger partial charge in [0.05, 0.1) is 13.7 Å². The monoisotopic (exact) mass is 1120 g/mol. The largest absolute Gasteiger partial charge is 0.480 e. The molecule has 3 fully saturated rings. The van der Waals surface area contributed by atoms with Crippen LogP contribution in [-0.4, -0.2) is 171 Å². The highest BCUT2D eigenvalue weighted by atomic mass is 16.6. The molecule has 23 heteroatoms. The molecule has 9 unspecified atom stereocenters. The van der Waals surface area contributed by atoms with Crippen molar-refractivity contribution in [2.45, 2.75) is 193 Å². The number of carboxylic acids is 1. The average molecular weight is 1120 g/mol. The highest BCUT2D eigenvalue weighted by Gasteiger charge is 2.44. The van der Waals surface area contributed by atoms with Gasteiger partial charge in [-0.05, 0) is 95.6 Å². The molecule has 3 aliphatic rings. The maximum absolute atomic E-state index is 14.8. The van der Waals surface area contributed by atoms with Gasteiger partial charge in [-0.25, -0.2) is 14.4 Å². The molecule has 1 aromatic carbocycles. The van der Waals surface area contributed by atoms with E-state index in [4.69, 9.17) is 4.74 Å². The summed E-state index contributed by atoms with van der Waals surface area (Å²) in [5, 5.41) is 24.8. The summed E-state index contributed by atoms with van der Waals surface area (Å²) < 4.78 is 10.1. The first-order valence-electron chi connectivity index (χ1n) is 28.0. The van der Waals surface area contributed by atoms with Crippen LogP contribution in [-0.2, 0) is 63.8 Å². The highest BCUT2D eigenvalue weighted by Crippen LogP contribution is 2.26. The maximum atomic E-state index is 14.8. The Morgan fingerprint density at radius 1 is 0.762 bits per heavy atom. The summed E-state index contributed by atoms with van der Waals surface area (Å²) >= 11 is 0. The Morgan fingerprint density at radius 3 is 2.00 bits per heavy atom. The van der Waals surface area contributed by atoms with Crippen LogP contribution in [0.25, 0.3) is 10.9 Å². The average Bonchev–Trinajstić information content (AvgIpc) is 4.25. The number of methoxy groups -OCH3 is 1. The Kier molecular flexibility index (Phi) is 23.2. The summed E-state index contributed by atoms with van der Waals surface area (Å²) in [5.74, 6) is -7.52. The molecule has 1 aromatic heterocycles. The van der Waals surface area contributed by atoms with Gasteiger partial charge in [0.15, 0.2) is 5.78 Å². The third-order valence-electron chi connectivity index (χ3n) is 14.8. The molecule has 2 aromatic rings. The fourth-order valence-electron chi connectivity index (χ4n) is 10.3. The Hall–Kier alpha value is -7.33. The number of carbonyl (C=O) groups is 11. The second-order valence-electron chi connectivity index (χ2n) is 22.5. The number of benzene rings is 1. The molecule has 0 bridgehead atoms. The van der Waals surface area contributed by atoms with Crippen molar-refractivity contribution in [2.24, 2.45) is 11.8 Å². The van der Waals surface area contributed by atoms with Crippen LogP contribution in [0.1, 0.15) is 138 Å². The fourth-order valence-corrected chi connectivity index (χ4v) is 10.3. The zero-order chi connectivity index (χ0) is 59.0. The maximum Gasteiger partial charge on any atom is 0.411 e. The van der Waals surface area contributed by atoms with Gasteiger partial charge in [0.1, 0.15) is 53.9 Å². The van der Waals surface area contributed by atoms with Crippen molar-refractivity contribution in [3.63, 3.8) is 0 Å². The van der Waals surface area contributed by atoms with Gasteiger partial charge in [-0.2, -0.15) is 0 Å². The van der Waals surface area contributed by atoms with E-state index in [2.05, 4.69) is 36.3 Å². The van der Waals surface area contributed by atoms with Gasteiger partial charge in [0.25, 0.3) is 0 Å². The van der Waals surface area contributed by atoms with Gasteiger partial charge < -0.3 is 55.9 Å². The lowest BCUT2D eigenvalue weighted by Gasteiger charge is -2.33. The van der Waals surface area contributed by atoms with Gasteiger partial charge in [0, 0.05) is 49.1 Å². The van der Waals surface area contributed by atoms with E-state index in [1.54, 1.807) is 33.9 Å². The van der Waals surface area contributed by atoms with E-state index in [1.165, 1.54) is 23.0 Å². The molecule has 9 atom stereocenters. The lowest BCUT2D eigenvalue weighted by molar-refractivity contribution is -0.149. The molecule has 0 radical (unpaired) electrons. The Bertz CT molecular complexity index is 2610. The third kappa shape index (κ3) is 17.3. The normalized spacial score (nSPS) is 19.7. The minimum absolute atomic E-state index is 0.0445. The van der Waals surface area contributed by atoms with Gasteiger partial charge in [-0.3, -0.25) is 43.3 Å². The zero-order valence-electron chi connectivity index (χ0n) is 47.7. The van der Waals surface area contributed by atoms with Crippen molar-refractivity contribution in [3.8, 4) is 0 Å². The van der Waals surface area contributed by atoms with E-state index >= 15 is 0 Å². The number of para-hydroxylation sites is 1. The number of hydrogen-bond donors (Lipinski definition) is 7. The summed E-state index contributed by atoms with van der Waals surface area (Å²) in [6.07, 6.45) is 6.36. The number of nitrogens with one attached hydrogen (secondary N) is 6. The SMILES string of the molecule is CCCCC(NC(=O)C(CCC=CC(=O)OC)NC(=O)C1CC(=O)CN1C(=O)OC(C)(C)C)C(=O)NC(C(=O)NC(CC(C)C)C(=O)N1CCCC1C(=O)NC(Cc1c[nH]c2ccccc12)C(=O)N1CCCC1C(=O)O)C(C)CC. The van der Waals surface area contributed by atoms with E-state index < -0.39 is 125 Å². The molecule has 3 aliphatic heterocycles. The number of hydrogen-bond acceptors (Lipinski definition) is 13. The molecule has 8 amide bonds. The number of likely N-dealkylation sites (tertiary alicyclic amines) is 3. The van der Waals surface area contributed by atoms with E-state index in [0.717, 1.165) is 27.4 Å². The van der Waals surface area contributed by atoms with Crippen LogP contribution < -0.4 is 26.6 Å². The van der Waals surface area contributed by atoms with Crippen LogP contribution in [0.2, 0.25) is 0 Å². The van der Waals surface area contributed by atoms with Gasteiger partial charge in [-0.1, -0.05) is 78.2 Å². The molecular weight excluding hydrogens is 1030 g/mol. The number of Topliss-reactive ketones (excluding diaryl/α,β-unsaturated/α-hetero) is 1. The van der Waals surface area contributed by atoms with Crippen LogP contribution in [0, 0.1) is 11.8 Å². The molecule has 0 saturated carbocycles. The fraction of sp³-hybridized carbons (Fsp3) is 0.632. The number of nitrogens with zero attached hydrogens (tertiary/aromatic N) is 3.